The number of halogens is 2. The third-order valence-electron chi connectivity index (χ3n) is 2.91. The number of hydrogen-bond donors (Lipinski definition) is 0. The van der Waals surface area contributed by atoms with Gasteiger partial charge >= 0.3 is 0 Å². The van der Waals surface area contributed by atoms with Gasteiger partial charge in [0.25, 0.3) is 0 Å². The van der Waals surface area contributed by atoms with Crippen molar-refractivity contribution in [2.45, 2.75) is 18.7 Å². The zero-order chi connectivity index (χ0) is 14.7. The maximum atomic E-state index is 13.9. The Kier molecular flexibility index (Phi) is 4.55. The Balaban J connectivity index is 2.16. The van der Waals surface area contributed by atoms with Crippen molar-refractivity contribution in [2.75, 3.05) is 5.75 Å². The Labute approximate surface area is 121 Å². The van der Waals surface area contributed by atoms with Crippen LogP contribution in [0.2, 0.25) is 0 Å². The lowest BCUT2D eigenvalue weighted by Gasteiger charge is -2.08. The molecule has 0 radical (unpaired) electrons. The first-order chi connectivity index (χ1) is 9.49. The van der Waals surface area contributed by atoms with Crippen LogP contribution in [0.5, 0.6) is 0 Å². The summed E-state index contributed by atoms with van der Waals surface area (Å²) in [6, 6.07) is 9.34. The van der Waals surface area contributed by atoms with E-state index in [1.165, 1.54) is 12.1 Å². The van der Waals surface area contributed by atoms with Crippen molar-refractivity contribution in [3.05, 3.63) is 64.7 Å². The first kappa shape index (κ1) is 14.7. The van der Waals surface area contributed by atoms with Crippen molar-refractivity contribution >= 4 is 17.5 Å². The SMILES string of the molecule is Cc1cc(C)c(C(=O)CSc2ccccc2F)c(F)c1. The van der Waals surface area contributed by atoms with Crippen LogP contribution in [0.3, 0.4) is 0 Å². The lowest BCUT2D eigenvalue weighted by molar-refractivity contribution is 0.101. The molecule has 0 aliphatic heterocycles. The van der Waals surface area contributed by atoms with Gasteiger partial charge in [-0.05, 0) is 43.2 Å². The third-order valence-corrected chi connectivity index (χ3v) is 3.95. The Bertz CT molecular complexity index is 630. The van der Waals surface area contributed by atoms with Crippen LogP contribution in [0.25, 0.3) is 0 Å². The molecular weight excluding hydrogens is 278 g/mol. The van der Waals surface area contributed by atoms with Gasteiger partial charge < -0.3 is 0 Å². The molecule has 0 heterocycles. The summed E-state index contributed by atoms with van der Waals surface area (Å²) < 4.78 is 27.3. The number of aryl methyl sites for hydroxylation is 2. The number of Topliss-reactive ketones (excluding diaryl/α,β-unsaturated/α-hetero) is 1. The maximum Gasteiger partial charge on any atom is 0.176 e. The Morgan fingerprint density at radius 1 is 1.10 bits per heavy atom. The predicted molar refractivity (Wildman–Crippen MR) is 77.3 cm³/mol. The number of ketones is 1. The van der Waals surface area contributed by atoms with E-state index in [4.69, 9.17) is 0 Å². The molecule has 0 aromatic heterocycles. The molecule has 104 valence electrons. The van der Waals surface area contributed by atoms with Crippen molar-refractivity contribution in [1.82, 2.24) is 0 Å². The van der Waals surface area contributed by atoms with Crippen LogP contribution in [0, 0.1) is 25.5 Å². The number of benzene rings is 2. The first-order valence-corrected chi connectivity index (χ1v) is 7.15. The fourth-order valence-corrected chi connectivity index (χ4v) is 2.86. The monoisotopic (exact) mass is 292 g/mol. The van der Waals surface area contributed by atoms with Crippen LogP contribution in [-0.4, -0.2) is 11.5 Å². The van der Waals surface area contributed by atoms with E-state index in [0.29, 0.717) is 10.5 Å². The zero-order valence-corrected chi connectivity index (χ0v) is 12.1. The number of carbonyl (C=O) groups is 1. The van der Waals surface area contributed by atoms with Crippen LogP contribution in [0.15, 0.2) is 41.3 Å². The molecule has 0 aliphatic carbocycles. The van der Waals surface area contributed by atoms with Crippen molar-refractivity contribution in [3.63, 3.8) is 0 Å². The third kappa shape index (κ3) is 3.25. The molecule has 0 bridgehead atoms. The minimum Gasteiger partial charge on any atom is -0.293 e. The van der Waals surface area contributed by atoms with Crippen LogP contribution in [0.4, 0.5) is 8.78 Å². The summed E-state index contributed by atoms with van der Waals surface area (Å²) in [7, 11) is 0. The van der Waals surface area contributed by atoms with Crippen LogP contribution in [-0.2, 0) is 0 Å². The molecule has 0 saturated carbocycles. The van der Waals surface area contributed by atoms with Gasteiger partial charge in [-0.25, -0.2) is 8.78 Å². The van der Waals surface area contributed by atoms with Crippen LogP contribution >= 0.6 is 11.8 Å². The predicted octanol–water partition coefficient (Wildman–Crippen LogP) is 4.56. The van der Waals surface area contributed by atoms with Gasteiger partial charge in [0, 0.05) is 4.90 Å². The number of thioether (sulfide) groups is 1. The number of rotatable bonds is 4. The van der Waals surface area contributed by atoms with E-state index < -0.39 is 5.82 Å². The maximum absolute atomic E-state index is 13.9. The molecule has 0 saturated heterocycles. The molecule has 1 nitrogen and oxygen atoms in total. The molecule has 4 heteroatoms. The van der Waals surface area contributed by atoms with Crippen molar-refractivity contribution < 1.29 is 13.6 Å². The molecule has 0 amide bonds. The quantitative estimate of drug-likeness (QED) is 0.607. The second kappa shape index (κ2) is 6.18. The Morgan fingerprint density at radius 3 is 2.45 bits per heavy atom. The van der Waals surface area contributed by atoms with E-state index in [-0.39, 0.29) is 22.9 Å². The van der Waals surface area contributed by atoms with Gasteiger partial charge in [0.2, 0.25) is 0 Å². The highest BCUT2D eigenvalue weighted by atomic mass is 32.2. The lowest BCUT2D eigenvalue weighted by atomic mass is 10.0. The molecule has 2 aromatic rings. The van der Waals surface area contributed by atoms with E-state index in [2.05, 4.69) is 0 Å². The smallest absolute Gasteiger partial charge is 0.176 e. The highest BCUT2D eigenvalue weighted by molar-refractivity contribution is 8.00. The number of hydrogen-bond acceptors (Lipinski definition) is 2. The fourth-order valence-electron chi connectivity index (χ4n) is 2.05. The molecule has 2 rings (SSSR count). The molecule has 20 heavy (non-hydrogen) atoms. The first-order valence-electron chi connectivity index (χ1n) is 6.16. The van der Waals surface area contributed by atoms with E-state index in [1.54, 1.807) is 38.1 Å². The summed E-state index contributed by atoms with van der Waals surface area (Å²) >= 11 is 1.08. The molecule has 2 aromatic carbocycles. The largest absolute Gasteiger partial charge is 0.293 e. The number of carbonyl (C=O) groups excluding carboxylic acids is 1. The van der Waals surface area contributed by atoms with Gasteiger partial charge in [-0.2, -0.15) is 0 Å². The average Bonchev–Trinajstić information content (AvgIpc) is 2.36. The second-order valence-corrected chi connectivity index (χ2v) is 5.60. The molecule has 0 atom stereocenters. The van der Waals surface area contributed by atoms with Crippen molar-refractivity contribution in [1.29, 1.82) is 0 Å². The van der Waals surface area contributed by atoms with Gasteiger partial charge in [-0.3, -0.25) is 4.79 Å². The summed E-state index contributed by atoms with van der Waals surface area (Å²) in [6.07, 6.45) is 0. The lowest BCUT2D eigenvalue weighted by Crippen LogP contribution is -2.08. The average molecular weight is 292 g/mol. The van der Waals surface area contributed by atoms with E-state index >= 15 is 0 Å². The van der Waals surface area contributed by atoms with E-state index in [1.807, 2.05) is 0 Å². The van der Waals surface area contributed by atoms with Gasteiger partial charge in [0.05, 0.1) is 11.3 Å². The normalized spacial score (nSPS) is 10.6. The van der Waals surface area contributed by atoms with Gasteiger partial charge in [-0.1, -0.05) is 18.2 Å². The summed E-state index contributed by atoms with van der Waals surface area (Å²) in [5.74, 6) is -1.19. The van der Waals surface area contributed by atoms with E-state index in [0.717, 1.165) is 17.3 Å². The van der Waals surface area contributed by atoms with E-state index in [9.17, 15) is 13.6 Å². The topological polar surface area (TPSA) is 17.1 Å². The molecular formula is C16H14F2OS. The van der Waals surface area contributed by atoms with Gasteiger partial charge in [0.15, 0.2) is 5.78 Å². The standard InChI is InChI=1S/C16H14F2OS/c1-10-7-11(2)16(13(18)8-10)14(19)9-20-15-6-4-3-5-12(15)17/h3-8H,9H2,1-2H3. The minimum absolute atomic E-state index is 0.0156. The molecule has 0 aliphatic rings. The Morgan fingerprint density at radius 2 is 1.80 bits per heavy atom. The summed E-state index contributed by atoms with van der Waals surface area (Å²) in [6.45, 7) is 3.48. The van der Waals surface area contributed by atoms with Crippen LogP contribution < -0.4 is 0 Å². The molecule has 0 N–H and O–H groups in total. The van der Waals surface area contributed by atoms with Gasteiger partial charge in [0.1, 0.15) is 11.6 Å². The summed E-state index contributed by atoms with van der Waals surface area (Å²) in [5.41, 5.74) is 1.49. The fraction of sp³-hybridized carbons (Fsp3) is 0.188. The van der Waals surface area contributed by atoms with Crippen molar-refractivity contribution in [3.8, 4) is 0 Å². The van der Waals surface area contributed by atoms with Crippen LogP contribution in [0.1, 0.15) is 21.5 Å². The summed E-state index contributed by atoms with van der Waals surface area (Å²) in [5, 5.41) is 0. The second-order valence-electron chi connectivity index (χ2n) is 4.58. The highest BCUT2D eigenvalue weighted by Crippen LogP contribution is 2.24. The zero-order valence-electron chi connectivity index (χ0n) is 11.2. The highest BCUT2D eigenvalue weighted by Gasteiger charge is 2.16. The van der Waals surface area contributed by atoms with Crippen molar-refractivity contribution in [2.24, 2.45) is 0 Å². The molecule has 0 spiro atoms. The molecule has 0 unspecified atom stereocenters. The Hall–Kier alpha value is -1.68. The van der Waals surface area contributed by atoms with Gasteiger partial charge in [-0.15, -0.1) is 11.8 Å². The summed E-state index contributed by atoms with van der Waals surface area (Å²) in [4.78, 5) is 12.5. The molecule has 0 fully saturated rings. The minimum atomic E-state index is -0.512.